The quantitative estimate of drug-likeness (QED) is 0.452. The van der Waals surface area contributed by atoms with Crippen molar-refractivity contribution in [2.24, 2.45) is 17.8 Å². The van der Waals surface area contributed by atoms with Gasteiger partial charge in [-0.25, -0.2) is 0 Å². The number of hydrogen-bond acceptors (Lipinski definition) is 5. The largest absolute Gasteiger partial charge is 0.347 e. The molecule has 2 unspecified atom stereocenters. The monoisotopic (exact) mass is 522 g/mol. The Labute approximate surface area is 223 Å². The predicted octanol–water partition coefficient (Wildman–Crippen LogP) is 2.91. The van der Waals surface area contributed by atoms with E-state index in [2.05, 4.69) is 45.3 Å². The molecular formula is C28H50N4O5. The average molecular weight is 523 g/mol. The molecule has 4 amide bonds. The first kappa shape index (κ1) is 32.6. The van der Waals surface area contributed by atoms with E-state index in [0.717, 1.165) is 25.2 Å². The highest BCUT2D eigenvalue weighted by atomic mass is 16.2. The van der Waals surface area contributed by atoms with Crippen LogP contribution in [0.25, 0.3) is 0 Å². The van der Waals surface area contributed by atoms with Gasteiger partial charge in [-0.1, -0.05) is 67.7 Å². The van der Waals surface area contributed by atoms with Crippen LogP contribution in [0.4, 0.5) is 0 Å². The Balaban J connectivity index is 0.000000873. The van der Waals surface area contributed by atoms with Gasteiger partial charge in [0.05, 0.1) is 12.6 Å². The molecule has 0 aromatic carbocycles. The topological polar surface area (TPSA) is 116 Å². The molecule has 2 atom stereocenters. The summed E-state index contributed by atoms with van der Waals surface area (Å²) in [5, 5.41) is 5.35. The van der Waals surface area contributed by atoms with E-state index < -0.39 is 29.7 Å². The fraction of sp³-hybridized carbons (Fsp3) is 0.821. The normalized spacial score (nSPS) is 19.1. The number of Topliss-reactive ketones (excluding diaryl/α,β-unsaturated/α-hetero) is 1. The number of rotatable bonds is 9. The third-order valence-electron chi connectivity index (χ3n) is 6.07. The Kier molecular flexibility index (Phi) is 14.4. The van der Waals surface area contributed by atoms with E-state index in [0.29, 0.717) is 44.8 Å². The van der Waals surface area contributed by atoms with Crippen LogP contribution in [0.5, 0.6) is 0 Å². The fourth-order valence-electron chi connectivity index (χ4n) is 3.82. The summed E-state index contributed by atoms with van der Waals surface area (Å²) in [6.07, 6.45) is 5.79. The predicted molar refractivity (Wildman–Crippen MR) is 145 cm³/mol. The number of carbonyl (C=O) groups excluding carboxylic acids is 5. The van der Waals surface area contributed by atoms with E-state index in [1.165, 1.54) is 16.2 Å². The van der Waals surface area contributed by atoms with E-state index >= 15 is 0 Å². The average Bonchev–Trinajstić information content (AvgIpc) is 3.46. The Bertz CT molecular complexity index is 772. The zero-order valence-electron chi connectivity index (χ0n) is 24.1. The maximum absolute atomic E-state index is 12.9. The van der Waals surface area contributed by atoms with Gasteiger partial charge in [0.15, 0.2) is 0 Å². The fourth-order valence-corrected chi connectivity index (χ4v) is 3.82. The summed E-state index contributed by atoms with van der Waals surface area (Å²) in [4.78, 5) is 65.2. The Morgan fingerprint density at radius 2 is 1.43 bits per heavy atom. The van der Waals surface area contributed by atoms with Gasteiger partial charge in [0.2, 0.25) is 23.5 Å². The molecule has 2 saturated heterocycles. The van der Waals surface area contributed by atoms with Gasteiger partial charge in [0.1, 0.15) is 6.04 Å². The van der Waals surface area contributed by atoms with Crippen molar-refractivity contribution in [2.75, 3.05) is 26.2 Å². The van der Waals surface area contributed by atoms with E-state index in [1.54, 1.807) is 13.8 Å². The van der Waals surface area contributed by atoms with Crippen LogP contribution in [0.2, 0.25) is 0 Å². The minimum absolute atomic E-state index is 0.154. The molecule has 2 heterocycles. The lowest BCUT2D eigenvalue weighted by atomic mass is 10.0. The maximum atomic E-state index is 12.9. The van der Waals surface area contributed by atoms with Crippen molar-refractivity contribution in [2.45, 2.75) is 105 Å². The standard InChI is InChI=1S/C21H32N4O5.C4H10.C3H8/c1-13(2)19(28)22-12-17(26)25-10-3-5-16(25)20(29)23-15(11-14-6-7-14)18(27)21(30)24-8-4-9-24;1-4(2)3;1-3-2/h13-16H,3-12H2,1-2H3,(H,22,28)(H,23,29);4H,1-3H3;3H2,1-2H3. The summed E-state index contributed by atoms with van der Waals surface area (Å²) < 4.78 is 0. The molecule has 3 fully saturated rings. The molecular weight excluding hydrogens is 472 g/mol. The second-order valence-electron chi connectivity index (χ2n) is 11.3. The Morgan fingerprint density at radius 3 is 1.89 bits per heavy atom. The van der Waals surface area contributed by atoms with Crippen LogP contribution in [-0.4, -0.2) is 77.5 Å². The highest BCUT2D eigenvalue weighted by molar-refractivity contribution is 6.38. The Hall–Kier alpha value is -2.45. The molecule has 37 heavy (non-hydrogen) atoms. The van der Waals surface area contributed by atoms with Gasteiger partial charge in [-0.2, -0.15) is 0 Å². The lowest BCUT2D eigenvalue weighted by Gasteiger charge is -2.32. The highest BCUT2D eigenvalue weighted by Crippen LogP contribution is 2.34. The van der Waals surface area contributed by atoms with Crippen LogP contribution in [0.1, 0.15) is 93.4 Å². The summed E-state index contributed by atoms with van der Waals surface area (Å²) >= 11 is 0. The van der Waals surface area contributed by atoms with Gasteiger partial charge < -0.3 is 20.4 Å². The van der Waals surface area contributed by atoms with Crippen LogP contribution >= 0.6 is 0 Å². The molecule has 0 bridgehead atoms. The lowest BCUT2D eigenvalue weighted by Crippen LogP contribution is -2.56. The van der Waals surface area contributed by atoms with Gasteiger partial charge in [-0.05, 0) is 37.5 Å². The molecule has 0 aromatic heterocycles. The van der Waals surface area contributed by atoms with Gasteiger partial charge in [0.25, 0.3) is 5.91 Å². The summed E-state index contributed by atoms with van der Waals surface area (Å²) in [6.45, 7) is 15.7. The molecule has 3 rings (SSSR count). The van der Waals surface area contributed by atoms with Crippen molar-refractivity contribution in [1.29, 1.82) is 0 Å². The van der Waals surface area contributed by atoms with Gasteiger partial charge >= 0.3 is 0 Å². The zero-order chi connectivity index (χ0) is 28.1. The van der Waals surface area contributed by atoms with Crippen molar-refractivity contribution >= 4 is 29.4 Å². The highest BCUT2D eigenvalue weighted by Gasteiger charge is 2.40. The maximum Gasteiger partial charge on any atom is 0.292 e. The molecule has 1 saturated carbocycles. The molecule has 1 aliphatic carbocycles. The second-order valence-corrected chi connectivity index (χ2v) is 11.3. The minimum Gasteiger partial charge on any atom is -0.347 e. The number of nitrogens with one attached hydrogen (secondary N) is 2. The van der Waals surface area contributed by atoms with Gasteiger partial charge in [-0.3, -0.25) is 24.0 Å². The molecule has 0 radical (unpaired) electrons. The Morgan fingerprint density at radius 1 is 0.865 bits per heavy atom. The smallest absolute Gasteiger partial charge is 0.292 e. The third kappa shape index (κ3) is 11.6. The van der Waals surface area contributed by atoms with Crippen LogP contribution in [0, 0.1) is 17.8 Å². The van der Waals surface area contributed by atoms with E-state index in [1.807, 2.05) is 0 Å². The summed E-state index contributed by atoms with van der Waals surface area (Å²) in [6, 6.07) is -1.52. The minimum atomic E-state index is -0.837. The second kappa shape index (κ2) is 16.4. The number of hydrogen-bond donors (Lipinski definition) is 2. The van der Waals surface area contributed by atoms with Crippen LogP contribution in [-0.2, 0) is 24.0 Å². The molecule has 0 spiro atoms. The third-order valence-corrected chi connectivity index (χ3v) is 6.07. The first-order valence-corrected chi connectivity index (χ1v) is 14.1. The summed E-state index contributed by atoms with van der Waals surface area (Å²) in [7, 11) is 0. The first-order chi connectivity index (χ1) is 17.4. The van der Waals surface area contributed by atoms with E-state index in [-0.39, 0.29) is 24.3 Å². The number of nitrogens with zero attached hydrogens (tertiary/aromatic N) is 2. The molecule has 9 nitrogen and oxygen atoms in total. The van der Waals surface area contributed by atoms with Crippen LogP contribution in [0.3, 0.4) is 0 Å². The van der Waals surface area contributed by atoms with E-state index in [4.69, 9.17) is 0 Å². The molecule has 2 N–H and O–H groups in total. The molecule has 2 aliphatic heterocycles. The molecule has 9 heteroatoms. The van der Waals surface area contributed by atoms with Crippen LogP contribution in [0.15, 0.2) is 0 Å². The molecule has 3 aliphatic rings. The SMILES string of the molecule is CC(C)C.CC(C)C(=O)NCC(=O)N1CCCC1C(=O)NC(CC1CC1)C(=O)C(=O)N1CCC1.CCC. The number of likely N-dealkylation sites (tertiary alicyclic amines) is 2. The van der Waals surface area contributed by atoms with Gasteiger partial charge in [-0.15, -0.1) is 0 Å². The summed E-state index contributed by atoms with van der Waals surface area (Å²) in [5.41, 5.74) is 0. The molecule has 212 valence electrons. The van der Waals surface area contributed by atoms with Gasteiger partial charge in [0, 0.05) is 25.6 Å². The van der Waals surface area contributed by atoms with Crippen LogP contribution < -0.4 is 10.6 Å². The van der Waals surface area contributed by atoms with Crippen molar-refractivity contribution in [3.8, 4) is 0 Å². The zero-order valence-corrected chi connectivity index (χ0v) is 24.1. The van der Waals surface area contributed by atoms with Crippen molar-refractivity contribution in [3.63, 3.8) is 0 Å². The van der Waals surface area contributed by atoms with Crippen molar-refractivity contribution < 1.29 is 24.0 Å². The number of carbonyl (C=O) groups is 5. The number of amides is 4. The van der Waals surface area contributed by atoms with E-state index in [9.17, 15) is 24.0 Å². The summed E-state index contributed by atoms with van der Waals surface area (Å²) in [5.74, 6) is -1.06. The first-order valence-electron chi connectivity index (χ1n) is 14.1. The molecule has 0 aromatic rings. The number of ketones is 1. The lowest BCUT2D eigenvalue weighted by molar-refractivity contribution is -0.149. The van der Waals surface area contributed by atoms with Crippen molar-refractivity contribution in [3.05, 3.63) is 0 Å². The van der Waals surface area contributed by atoms with Crippen molar-refractivity contribution in [1.82, 2.24) is 20.4 Å².